The van der Waals surface area contributed by atoms with Crippen LogP contribution in [0.25, 0.3) is 11.1 Å². The van der Waals surface area contributed by atoms with E-state index in [1.807, 2.05) is 0 Å². The molecule has 0 saturated carbocycles. The van der Waals surface area contributed by atoms with Crippen LogP contribution in [-0.2, 0) is 38.1 Å². The number of ether oxygens (including phenoxy) is 1. The molecule has 0 radical (unpaired) electrons. The molecule has 3 aromatic rings. The van der Waals surface area contributed by atoms with Gasteiger partial charge in [-0.15, -0.1) is 0 Å². The Hall–Kier alpha value is -2.37. The zero-order valence-electron chi connectivity index (χ0n) is 22.0. The summed E-state index contributed by atoms with van der Waals surface area (Å²) in [6.45, 7) is -1.33. The Labute approximate surface area is 252 Å². The number of aliphatic hydroxyl groups excluding tert-OH is 2. The van der Waals surface area contributed by atoms with Gasteiger partial charge in [0.2, 0.25) is 0 Å². The van der Waals surface area contributed by atoms with Crippen LogP contribution < -0.4 is 11.2 Å². The molecule has 6 atom stereocenters. The molecule has 18 nitrogen and oxygen atoms in total. The van der Waals surface area contributed by atoms with Gasteiger partial charge in [-0.05, 0) is 23.8 Å². The molecule has 0 bridgehead atoms. The van der Waals surface area contributed by atoms with Crippen LogP contribution in [0.1, 0.15) is 18.3 Å². The highest BCUT2D eigenvalue weighted by molar-refractivity contribution is 7.66. The van der Waals surface area contributed by atoms with Crippen molar-refractivity contribution >= 4 is 35.1 Å². The zero-order valence-corrected chi connectivity index (χ0v) is 25.5. The summed E-state index contributed by atoms with van der Waals surface area (Å²) in [5.74, 6) is 0. The summed E-state index contributed by atoms with van der Waals surface area (Å²) in [5, 5.41) is 21.4. The predicted molar refractivity (Wildman–Crippen MR) is 149 cm³/mol. The van der Waals surface area contributed by atoms with Gasteiger partial charge in [-0.25, -0.2) is 18.5 Å². The maximum absolute atomic E-state index is 13.4. The monoisotopic (exact) mass is 699 g/mol. The van der Waals surface area contributed by atoms with Crippen molar-refractivity contribution in [3.05, 3.63) is 86.4 Å². The minimum Gasteiger partial charge on any atom is -0.390 e. The molecule has 44 heavy (non-hydrogen) atoms. The van der Waals surface area contributed by atoms with Gasteiger partial charge in [0.15, 0.2) is 6.23 Å². The molecule has 3 heterocycles. The van der Waals surface area contributed by atoms with E-state index in [0.717, 1.165) is 21.4 Å². The van der Waals surface area contributed by atoms with Crippen LogP contribution >= 0.6 is 35.1 Å². The molecule has 3 unspecified atom stereocenters. The highest BCUT2D eigenvalue weighted by Crippen LogP contribution is 2.66. The molecule has 2 aromatic heterocycles. The average Bonchev–Trinajstić information content (AvgIpc) is 2.89. The van der Waals surface area contributed by atoms with Gasteiger partial charge >= 0.3 is 29.2 Å². The number of benzene rings is 1. The second kappa shape index (κ2) is 13.5. The van der Waals surface area contributed by atoms with E-state index in [1.54, 1.807) is 36.4 Å². The molecule has 0 amide bonds. The van der Waals surface area contributed by atoms with Crippen molar-refractivity contribution in [3.63, 3.8) is 0 Å². The Bertz CT molecular complexity index is 1780. The van der Waals surface area contributed by atoms with Crippen molar-refractivity contribution in [2.45, 2.75) is 37.5 Å². The van der Waals surface area contributed by atoms with E-state index in [9.17, 15) is 43.3 Å². The Morgan fingerprint density at radius 3 is 2.36 bits per heavy atom. The lowest BCUT2D eigenvalue weighted by Crippen LogP contribution is -2.51. The number of pyridine rings is 1. The zero-order chi connectivity index (χ0) is 32.4. The fourth-order valence-corrected chi connectivity index (χ4v) is 7.48. The Morgan fingerprint density at radius 1 is 0.977 bits per heavy atom. The van der Waals surface area contributed by atoms with Crippen LogP contribution in [-0.4, -0.2) is 68.8 Å². The molecule has 4 rings (SSSR count). The van der Waals surface area contributed by atoms with Gasteiger partial charge in [0, 0.05) is 35.5 Å². The first-order valence-electron chi connectivity index (χ1n) is 12.3. The molecule has 0 spiro atoms. The second-order valence-electron chi connectivity index (χ2n) is 9.27. The minimum atomic E-state index is -5.79. The van der Waals surface area contributed by atoms with Crippen molar-refractivity contribution in [1.29, 1.82) is 0 Å². The Balaban J connectivity index is 1.53. The number of nitrogens with zero attached hydrogens (tertiary/aromatic N) is 3. The van der Waals surface area contributed by atoms with Gasteiger partial charge in [0.25, 0.3) is 5.56 Å². The number of aromatic nitrogens is 3. The normalized spacial score (nSPS) is 23.5. The van der Waals surface area contributed by atoms with Crippen molar-refractivity contribution < 1.29 is 61.4 Å². The first-order chi connectivity index (χ1) is 20.4. The number of aliphatic hydroxyl groups is 2. The maximum atomic E-state index is 13.4. The van der Waals surface area contributed by atoms with Crippen molar-refractivity contribution in [1.82, 2.24) is 14.1 Å². The van der Waals surface area contributed by atoms with Gasteiger partial charge < -0.3 is 34.5 Å². The molecule has 240 valence electrons. The Kier molecular flexibility index (Phi) is 10.6. The summed E-state index contributed by atoms with van der Waals surface area (Å²) in [5.41, 5.74) is 0.00736. The number of hydrogen-bond acceptors (Lipinski definition) is 12. The summed E-state index contributed by atoms with van der Waals surface area (Å²) in [6, 6.07) is 11.3. The molecule has 1 fully saturated rings. The van der Waals surface area contributed by atoms with Gasteiger partial charge in [0.05, 0.1) is 24.9 Å². The van der Waals surface area contributed by atoms with Crippen molar-refractivity contribution in [2.24, 2.45) is 0 Å². The summed E-state index contributed by atoms with van der Waals surface area (Å²) in [4.78, 5) is 66.5. The van der Waals surface area contributed by atoms with Crippen LogP contribution in [0.15, 0.2) is 64.4 Å². The van der Waals surface area contributed by atoms with Gasteiger partial charge in [-0.3, -0.25) is 23.4 Å². The number of halogens is 1. The smallest absolute Gasteiger partial charge is 0.390 e. The fraction of sp³-hybridized carbons (Fsp3) is 0.318. The molecule has 0 aliphatic carbocycles. The van der Waals surface area contributed by atoms with E-state index in [-0.39, 0.29) is 6.54 Å². The topological polar surface area (TPSA) is 266 Å². The second-order valence-corrected chi connectivity index (χ2v) is 14.1. The van der Waals surface area contributed by atoms with E-state index in [1.165, 1.54) is 6.20 Å². The van der Waals surface area contributed by atoms with Gasteiger partial charge in [0.1, 0.15) is 12.2 Å². The lowest BCUT2D eigenvalue weighted by atomic mass is 10.0. The van der Waals surface area contributed by atoms with E-state index >= 15 is 0 Å². The number of phosphoric ester groups is 1. The maximum Gasteiger partial charge on any atom is 0.490 e. The van der Waals surface area contributed by atoms with E-state index < -0.39 is 72.3 Å². The largest absolute Gasteiger partial charge is 0.490 e. The quantitative estimate of drug-likeness (QED) is 0.153. The third-order valence-electron chi connectivity index (χ3n) is 6.06. The summed E-state index contributed by atoms with van der Waals surface area (Å²) in [6.07, 6.45) is -4.17. The van der Waals surface area contributed by atoms with E-state index in [2.05, 4.69) is 18.1 Å². The third-order valence-corrected chi connectivity index (χ3v) is 10.2. The number of hydrogen-bond donors (Lipinski definition) is 6. The molecule has 6 N–H and O–H groups in total. The molecule has 1 aliphatic heterocycles. The average molecular weight is 700 g/mol. The molecule has 1 aromatic carbocycles. The fourth-order valence-electron chi connectivity index (χ4n) is 4.21. The first kappa shape index (κ1) is 34.5. The van der Waals surface area contributed by atoms with Crippen molar-refractivity contribution in [2.75, 3.05) is 6.61 Å². The van der Waals surface area contributed by atoms with E-state index in [0.29, 0.717) is 21.8 Å². The van der Waals surface area contributed by atoms with E-state index in [4.69, 9.17) is 26.1 Å². The van der Waals surface area contributed by atoms with Crippen LogP contribution in [0, 0.1) is 0 Å². The Morgan fingerprint density at radius 2 is 1.68 bits per heavy atom. The predicted octanol–water partition coefficient (Wildman–Crippen LogP) is 1.13. The minimum absolute atomic E-state index is 0.294. The van der Waals surface area contributed by atoms with Crippen LogP contribution in [0.4, 0.5) is 0 Å². The van der Waals surface area contributed by atoms with Crippen LogP contribution in [0.2, 0.25) is 5.02 Å². The lowest BCUT2D eigenvalue weighted by Gasteiger charge is -2.37. The van der Waals surface area contributed by atoms with Gasteiger partial charge in [-0.1, -0.05) is 29.8 Å². The summed E-state index contributed by atoms with van der Waals surface area (Å²) in [7, 11) is -17.0. The highest BCUT2D eigenvalue weighted by atomic mass is 35.5. The highest BCUT2D eigenvalue weighted by Gasteiger charge is 2.43. The molecular formula is C22H25ClN3O15P3. The number of rotatable bonds is 11. The summed E-state index contributed by atoms with van der Waals surface area (Å²) >= 11 is 6.28. The molecule has 1 saturated heterocycles. The number of phosphoric acid groups is 3. The van der Waals surface area contributed by atoms with Crippen LogP contribution in [0.3, 0.4) is 0 Å². The molecular weight excluding hydrogens is 675 g/mol. The lowest BCUT2D eigenvalue weighted by molar-refractivity contribution is -0.206. The van der Waals surface area contributed by atoms with Crippen LogP contribution in [0.5, 0.6) is 0 Å². The van der Waals surface area contributed by atoms with Crippen molar-refractivity contribution in [3.8, 4) is 11.1 Å². The molecule has 22 heteroatoms. The summed E-state index contributed by atoms with van der Waals surface area (Å²) < 4.78 is 53.3. The first-order valence-corrected chi connectivity index (χ1v) is 17.2. The SMILES string of the molecule is O=c1ccn([C@@H]2O[C@H](COP(=O)(O)OP(=O)(O)OP(=O)(O)O)[C@H](O)CC2O)c(=O)n1Cc1cc(-c2ccccc2Cl)ccn1. The standard InChI is InChI=1S/C22H25ClN3O15P3/c23-16-4-2-1-3-15(16)13-5-7-24-14(9-13)11-26-20(29)6-8-25(22(26)30)21-18(28)10-17(27)19(39-21)12-38-43(34,35)41-44(36,37)40-42(31,32)33/h1-9,17-19,21,27-28H,10-12H2,(H,34,35)(H,36,37)(H2,31,32,33)/t17-,18?,19-,21-/m1/s1. The molecule has 1 aliphatic rings. The van der Waals surface area contributed by atoms with Gasteiger partial charge in [-0.2, -0.15) is 8.62 Å². The third kappa shape index (κ3) is 8.88.